The van der Waals surface area contributed by atoms with Gasteiger partial charge in [0.2, 0.25) is 5.95 Å². The molecule has 0 saturated carbocycles. The lowest BCUT2D eigenvalue weighted by Gasteiger charge is -2.23. The molecule has 30 heavy (non-hydrogen) atoms. The number of aromatic nitrogens is 4. The van der Waals surface area contributed by atoms with E-state index in [-0.39, 0.29) is 6.04 Å². The number of ether oxygens (including phenoxy) is 1. The maximum absolute atomic E-state index is 10.1. The number of imidazole rings is 1. The molecule has 0 saturated heterocycles. The summed E-state index contributed by atoms with van der Waals surface area (Å²) >= 11 is 0. The third-order valence-corrected chi connectivity index (χ3v) is 4.78. The van der Waals surface area contributed by atoms with Crippen LogP contribution in [0.1, 0.15) is 39.7 Å². The molecule has 162 valence electrons. The number of nitrogen functional groups attached to an aromatic ring is 1. The average molecular weight is 414 g/mol. The highest BCUT2D eigenvalue weighted by molar-refractivity contribution is 5.84. The van der Waals surface area contributed by atoms with Crippen molar-refractivity contribution in [1.82, 2.24) is 19.5 Å². The minimum absolute atomic E-state index is 0.0117. The van der Waals surface area contributed by atoms with E-state index in [4.69, 9.17) is 10.5 Å². The highest BCUT2D eigenvalue weighted by atomic mass is 16.5. The van der Waals surface area contributed by atoms with Crippen LogP contribution in [0.5, 0.6) is 5.75 Å². The monoisotopic (exact) mass is 413 g/mol. The van der Waals surface area contributed by atoms with Crippen molar-refractivity contribution in [3.8, 4) is 5.75 Å². The fraction of sp³-hybridized carbons (Fsp3) is 0.476. The molecule has 5 N–H and O–H groups in total. The van der Waals surface area contributed by atoms with E-state index in [1.54, 1.807) is 27.3 Å². The van der Waals surface area contributed by atoms with E-state index in [2.05, 4.69) is 25.6 Å². The summed E-state index contributed by atoms with van der Waals surface area (Å²) in [5.41, 5.74) is 8.34. The number of hydrogen-bond donors (Lipinski definition) is 4. The smallest absolute Gasteiger partial charge is 0.226 e. The van der Waals surface area contributed by atoms with Crippen LogP contribution < -0.4 is 21.1 Å². The van der Waals surface area contributed by atoms with Gasteiger partial charge in [-0.15, -0.1) is 0 Å². The van der Waals surface area contributed by atoms with E-state index < -0.39 is 5.60 Å². The second-order valence-electron chi connectivity index (χ2n) is 8.08. The van der Waals surface area contributed by atoms with E-state index in [9.17, 15) is 5.11 Å². The van der Waals surface area contributed by atoms with Gasteiger partial charge >= 0.3 is 0 Å². The Hall–Kier alpha value is -3.07. The van der Waals surface area contributed by atoms with Crippen LogP contribution in [0.2, 0.25) is 0 Å². The number of aliphatic hydroxyl groups is 1. The predicted octanol–water partition coefficient (Wildman–Crippen LogP) is 3.01. The Labute approximate surface area is 176 Å². The van der Waals surface area contributed by atoms with Crippen molar-refractivity contribution in [3.63, 3.8) is 0 Å². The van der Waals surface area contributed by atoms with E-state index in [1.807, 2.05) is 36.6 Å². The average Bonchev–Trinajstić information content (AvgIpc) is 3.08. The summed E-state index contributed by atoms with van der Waals surface area (Å²) in [7, 11) is 1.63. The minimum atomic E-state index is -0.785. The molecule has 2 aromatic heterocycles. The first kappa shape index (κ1) is 21.6. The standard InChI is InChI=1S/C21H31N7O2/c1-6-28-12-24-17-18(23-11-14-9-15(30-5)7-8-16(14)22)26-20(27-19(17)28)25-13(2)10-21(3,4)29/h7-9,12-13,29H,6,10-11,22H2,1-5H3,(H2,23,25,26,27). The van der Waals surface area contributed by atoms with Crippen molar-refractivity contribution in [3.05, 3.63) is 30.1 Å². The van der Waals surface area contributed by atoms with Crippen molar-refractivity contribution in [1.29, 1.82) is 0 Å². The first-order chi connectivity index (χ1) is 14.2. The quantitative estimate of drug-likeness (QED) is 0.395. The van der Waals surface area contributed by atoms with Gasteiger partial charge in [0, 0.05) is 24.8 Å². The third kappa shape index (κ3) is 5.10. The summed E-state index contributed by atoms with van der Waals surface area (Å²) in [4.78, 5) is 13.8. The minimum Gasteiger partial charge on any atom is -0.497 e. The number of anilines is 3. The molecule has 1 unspecified atom stereocenters. The molecule has 9 heteroatoms. The number of benzene rings is 1. The molecule has 3 rings (SSSR count). The zero-order valence-corrected chi connectivity index (χ0v) is 18.2. The Morgan fingerprint density at radius 1 is 1.30 bits per heavy atom. The van der Waals surface area contributed by atoms with E-state index in [0.717, 1.165) is 23.5 Å². The first-order valence-corrected chi connectivity index (χ1v) is 10.1. The molecule has 0 radical (unpaired) electrons. The number of nitrogens with zero attached hydrogens (tertiary/aromatic N) is 4. The summed E-state index contributed by atoms with van der Waals surface area (Å²) in [5.74, 6) is 1.84. The van der Waals surface area contributed by atoms with Crippen LogP contribution >= 0.6 is 0 Å². The largest absolute Gasteiger partial charge is 0.497 e. The lowest BCUT2D eigenvalue weighted by atomic mass is 10.0. The van der Waals surface area contributed by atoms with Crippen molar-refractivity contribution >= 4 is 28.6 Å². The van der Waals surface area contributed by atoms with Gasteiger partial charge in [0.05, 0.1) is 19.0 Å². The normalized spacial score (nSPS) is 12.7. The molecule has 1 aromatic carbocycles. The SMILES string of the molecule is CCn1cnc2c(NCc3cc(OC)ccc3N)nc(NC(C)CC(C)(C)O)nc21. The Morgan fingerprint density at radius 2 is 2.07 bits per heavy atom. The van der Waals surface area contributed by atoms with Gasteiger partial charge in [-0.3, -0.25) is 0 Å². The number of methoxy groups -OCH3 is 1. The Balaban J connectivity index is 1.90. The van der Waals surface area contributed by atoms with Crippen LogP contribution in [0.3, 0.4) is 0 Å². The Kier molecular flexibility index (Phi) is 6.31. The van der Waals surface area contributed by atoms with Crippen molar-refractivity contribution in [2.24, 2.45) is 0 Å². The first-order valence-electron chi connectivity index (χ1n) is 10.1. The summed E-state index contributed by atoms with van der Waals surface area (Å²) in [6.45, 7) is 8.81. The van der Waals surface area contributed by atoms with Crippen LogP contribution in [-0.4, -0.2) is 43.4 Å². The molecule has 0 aliphatic carbocycles. The number of rotatable bonds is 9. The van der Waals surface area contributed by atoms with E-state index >= 15 is 0 Å². The number of nitrogens with two attached hydrogens (primary N) is 1. The van der Waals surface area contributed by atoms with Crippen molar-refractivity contribution in [2.45, 2.75) is 58.8 Å². The Morgan fingerprint density at radius 3 is 2.73 bits per heavy atom. The highest BCUT2D eigenvalue weighted by Crippen LogP contribution is 2.25. The molecule has 0 bridgehead atoms. The fourth-order valence-corrected chi connectivity index (χ4v) is 3.43. The zero-order valence-electron chi connectivity index (χ0n) is 18.2. The van der Waals surface area contributed by atoms with Crippen molar-refractivity contribution in [2.75, 3.05) is 23.5 Å². The lowest BCUT2D eigenvalue weighted by Crippen LogP contribution is -2.29. The molecule has 0 amide bonds. The number of nitrogens with one attached hydrogen (secondary N) is 2. The fourth-order valence-electron chi connectivity index (χ4n) is 3.43. The molecule has 0 aliphatic rings. The molecule has 0 aliphatic heterocycles. The molecule has 0 spiro atoms. The van der Waals surface area contributed by atoms with E-state index in [0.29, 0.717) is 35.9 Å². The van der Waals surface area contributed by atoms with Crippen LogP contribution in [0.15, 0.2) is 24.5 Å². The molecule has 1 atom stereocenters. The molecule has 3 aromatic rings. The molecule has 2 heterocycles. The molecule has 9 nitrogen and oxygen atoms in total. The summed E-state index contributed by atoms with van der Waals surface area (Å²) < 4.78 is 7.26. The molecule has 0 fully saturated rings. The highest BCUT2D eigenvalue weighted by Gasteiger charge is 2.19. The maximum atomic E-state index is 10.1. The lowest BCUT2D eigenvalue weighted by molar-refractivity contribution is 0.0672. The number of aryl methyl sites for hydroxylation is 1. The summed E-state index contributed by atoms with van der Waals surface area (Å²) in [5, 5.41) is 16.7. The van der Waals surface area contributed by atoms with Crippen molar-refractivity contribution < 1.29 is 9.84 Å². The maximum Gasteiger partial charge on any atom is 0.226 e. The second-order valence-corrected chi connectivity index (χ2v) is 8.08. The van der Waals surface area contributed by atoms with Crippen LogP contribution in [-0.2, 0) is 13.1 Å². The topological polar surface area (TPSA) is 123 Å². The number of hydrogen-bond acceptors (Lipinski definition) is 8. The van der Waals surface area contributed by atoms with E-state index in [1.165, 1.54) is 0 Å². The second kappa shape index (κ2) is 8.74. The summed E-state index contributed by atoms with van der Waals surface area (Å²) in [6.07, 6.45) is 2.32. The molecular weight excluding hydrogens is 382 g/mol. The van der Waals surface area contributed by atoms with Crippen LogP contribution in [0, 0.1) is 0 Å². The van der Waals surface area contributed by atoms with Gasteiger partial charge in [0.1, 0.15) is 5.75 Å². The van der Waals surface area contributed by atoms with Gasteiger partial charge < -0.3 is 30.8 Å². The third-order valence-electron chi connectivity index (χ3n) is 4.78. The predicted molar refractivity (Wildman–Crippen MR) is 120 cm³/mol. The van der Waals surface area contributed by atoms with Crippen LogP contribution in [0.25, 0.3) is 11.2 Å². The number of fused-ring (bicyclic) bond motifs is 1. The van der Waals surface area contributed by atoms with Gasteiger partial charge in [-0.25, -0.2) is 4.98 Å². The van der Waals surface area contributed by atoms with Gasteiger partial charge in [-0.1, -0.05) is 0 Å². The zero-order chi connectivity index (χ0) is 21.9. The Bertz CT molecular complexity index is 1010. The molecular formula is C21H31N7O2. The van der Waals surface area contributed by atoms with Gasteiger partial charge in [0.25, 0.3) is 0 Å². The van der Waals surface area contributed by atoms with Gasteiger partial charge in [-0.2, -0.15) is 9.97 Å². The summed E-state index contributed by atoms with van der Waals surface area (Å²) in [6, 6.07) is 5.54. The van der Waals surface area contributed by atoms with Crippen LogP contribution in [0.4, 0.5) is 17.5 Å². The van der Waals surface area contributed by atoms with Gasteiger partial charge in [-0.05, 0) is 57.9 Å². The van der Waals surface area contributed by atoms with Gasteiger partial charge in [0.15, 0.2) is 17.0 Å².